The largest absolute Gasteiger partial charge is 0.390 e. The van der Waals surface area contributed by atoms with Crippen LogP contribution in [0.4, 0.5) is 0 Å². The summed E-state index contributed by atoms with van der Waals surface area (Å²) in [5.74, 6) is 0. The fraction of sp³-hybridized carbons (Fsp3) is 1.00. The van der Waals surface area contributed by atoms with Gasteiger partial charge < -0.3 is 5.11 Å². The van der Waals surface area contributed by atoms with E-state index in [0.29, 0.717) is 13.0 Å². The molecule has 0 aliphatic carbocycles. The van der Waals surface area contributed by atoms with E-state index in [1.54, 1.807) is 13.8 Å². The maximum atomic E-state index is 9.23. The normalized spacial score (nSPS) is 34.3. The molecule has 1 aliphatic rings. The molecule has 0 saturated carbocycles. The Morgan fingerprint density at radius 2 is 2.22 bits per heavy atom. The van der Waals surface area contributed by atoms with Crippen LogP contribution >= 0.6 is 0 Å². The smallest absolute Gasteiger partial charge is 0.124 e. The number of hydrogen-bond donors (Lipinski definition) is 1. The molecule has 0 radical (unpaired) electrons. The first kappa shape index (κ1) is 6.99. The molecule has 0 spiro atoms. The Kier molecular flexibility index (Phi) is 1.75. The molecule has 0 aromatic heterocycles. The topological polar surface area (TPSA) is 38.7 Å². The molecule has 1 saturated heterocycles. The maximum Gasteiger partial charge on any atom is 0.124 e. The van der Waals surface area contributed by atoms with Crippen LogP contribution in [0.15, 0.2) is 0 Å². The lowest BCUT2D eigenvalue weighted by Gasteiger charge is -2.32. The Labute approximate surface area is 54.5 Å². The number of rotatable bonds is 0. The second kappa shape index (κ2) is 2.25. The highest BCUT2D eigenvalue weighted by molar-refractivity contribution is 4.78. The minimum Gasteiger partial charge on any atom is -0.390 e. The lowest BCUT2D eigenvalue weighted by Crippen LogP contribution is -2.43. The molecule has 0 amide bonds. The van der Waals surface area contributed by atoms with Gasteiger partial charge in [-0.1, -0.05) is 0 Å². The Balaban J connectivity index is 2.49. The van der Waals surface area contributed by atoms with E-state index in [9.17, 15) is 5.11 Å². The Morgan fingerprint density at radius 1 is 1.56 bits per heavy atom. The summed E-state index contributed by atoms with van der Waals surface area (Å²) in [7, 11) is 0. The van der Waals surface area contributed by atoms with E-state index in [1.807, 2.05) is 0 Å². The Bertz CT molecular complexity index is 100. The van der Waals surface area contributed by atoms with Crippen LogP contribution in [-0.4, -0.2) is 23.4 Å². The standard InChI is InChI=1S/C6H12O3/c1-6(2)5(7)3-4-8-9-6/h5,7H,3-4H2,1-2H3. The van der Waals surface area contributed by atoms with Crippen LogP contribution in [0.3, 0.4) is 0 Å². The fourth-order valence-electron chi connectivity index (χ4n) is 0.756. The molecule has 0 aromatic rings. The van der Waals surface area contributed by atoms with Gasteiger partial charge in [-0.15, -0.1) is 0 Å². The summed E-state index contributed by atoms with van der Waals surface area (Å²) >= 11 is 0. The summed E-state index contributed by atoms with van der Waals surface area (Å²) in [5.41, 5.74) is -0.530. The summed E-state index contributed by atoms with van der Waals surface area (Å²) in [6.45, 7) is 4.10. The molecule has 1 unspecified atom stereocenters. The van der Waals surface area contributed by atoms with Crippen molar-refractivity contribution in [3.05, 3.63) is 0 Å². The van der Waals surface area contributed by atoms with E-state index in [0.717, 1.165) is 0 Å². The molecule has 0 bridgehead atoms. The fourth-order valence-corrected chi connectivity index (χ4v) is 0.756. The molecule has 1 N–H and O–H groups in total. The van der Waals surface area contributed by atoms with Crippen molar-refractivity contribution in [2.75, 3.05) is 6.61 Å². The molecule has 1 heterocycles. The van der Waals surface area contributed by atoms with E-state index in [-0.39, 0.29) is 0 Å². The zero-order valence-corrected chi connectivity index (χ0v) is 5.76. The van der Waals surface area contributed by atoms with Crippen LogP contribution in [0, 0.1) is 0 Å². The van der Waals surface area contributed by atoms with E-state index < -0.39 is 11.7 Å². The predicted octanol–water partition coefficient (Wildman–Crippen LogP) is 0.478. The second-order valence-corrected chi connectivity index (χ2v) is 2.81. The van der Waals surface area contributed by atoms with Crippen molar-refractivity contribution in [1.82, 2.24) is 0 Å². The van der Waals surface area contributed by atoms with Gasteiger partial charge in [-0.2, -0.15) is 0 Å². The number of aliphatic hydroxyl groups is 1. The quantitative estimate of drug-likeness (QED) is 0.487. The summed E-state index contributed by atoms with van der Waals surface area (Å²) in [6.07, 6.45) is 0.263. The molecular weight excluding hydrogens is 120 g/mol. The first-order chi connectivity index (χ1) is 4.13. The SMILES string of the molecule is CC1(C)OOCCC1O. The first-order valence-electron chi connectivity index (χ1n) is 3.11. The Hall–Kier alpha value is -0.120. The highest BCUT2D eigenvalue weighted by atomic mass is 17.2. The van der Waals surface area contributed by atoms with Crippen molar-refractivity contribution in [2.45, 2.75) is 32.0 Å². The van der Waals surface area contributed by atoms with Crippen LogP contribution in [0.25, 0.3) is 0 Å². The third-order valence-electron chi connectivity index (χ3n) is 1.55. The van der Waals surface area contributed by atoms with Gasteiger partial charge in [0.15, 0.2) is 0 Å². The van der Waals surface area contributed by atoms with Crippen molar-refractivity contribution < 1.29 is 14.9 Å². The zero-order valence-electron chi connectivity index (χ0n) is 5.76. The van der Waals surface area contributed by atoms with Crippen molar-refractivity contribution in [1.29, 1.82) is 0 Å². The second-order valence-electron chi connectivity index (χ2n) is 2.81. The van der Waals surface area contributed by atoms with Crippen LogP contribution in [0.1, 0.15) is 20.3 Å². The monoisotopic (exact) mass is 132 g/mol. The lowest BCUT2D eigenvalue weighted by molar-refractivity contribution is -0.395. The molecular formula is C6H12O3. The van der Waals surface area contributed by atoms with Gasteiger partial charge in [0.1, 0.15) is 5.60 Å². The van der Waals surface area contributed by atoms with Crippen molar-refractivity contribution >= 4 is 0 Å². The van der Waals surface area contributed by atoms with Gasteiger partial charge in [-0.25, -0.2) is 9.78 Å². The van der Waals surface area contributed by atoms with Gasteiger partial charge in [0.25, 0.3) is 0 Å². The molecule has 1 fully saturated rings. The van der Waals surface area contributed by atoms with Crippen molar-refractivity contribution in [3.63, 3.8) is 0 Å². The molecule has 0 aromatic carbocycles. The third kappa shape index (κ3) is 1.41. The van der Waals surface area contributed by atoms with Gasteiger partial charge in [-0.05, 0) is 13.8 Å². The number of hydrogen-bond acceptors (Lipinski definition) is 3. The molecule has 3 heteroatoms. The van der Waals surface area contributed by atoms with Crippen LogP contribution in [0.2, 0.25) is 0 Å². The molecule has 1 aliphatic heterocycles. The molecule has 1 rings (SSSR count). The summed E-state index contributed by atoms with van der Waals surface area (Å²) in [4.78, 5) is 9.52. The summed E-state index contributed by atoms with van der Waals surface area (Å²) < 4.78 is 0. The van der Waals surface area contributed by atoms with E-state index in [4.69, 9.17) is 9.78 Å². The molecule has 9 heavy (non-hydrogen) atoms. The third-order valence-corrected chi connectivity index (χ3v) is 1.55. The van der Waals surface area contributed by atoms with Gasteiger partial charge in [-0.3, -0.25) is 0 Å². The molecule has 1 atom stereocenters. The molecule has 3 nitrogen and oxygen atoms in total. The number of aliphatic hydroxyl groups excluding tert-OH is 1. The van der Waals surface area contributed by atoms with Crippen molar-refractivity contribution in [2.24, 2.45) is 0 Å². The zero-order chi connectivity index (χ0) is 6.91. The predicted molar refractivity (Wildman–Crippen MR) is 31.7 cm³/mol. The van der Waals surface area contributed by atoms with Gasteiger partial charge in [0.2, 0.25) is 0 Å². The summed E-state index contributed by atoms with van der Waals surface area (Å²) in [6, 6.07) is 0. The van der Waals surface area contributed by atoms with E-state index in [1.165, 1.54) is 0 Å². The highest BCUT2D eigenvalue weighted by Gasteiger charge is 2.33. The van der Waals surface area contributed by atoms with Gasteiger partial charge in [0, 0.05) is 6.42 Å². The highest BCUT2D eigenvalue weighted by Crippen LogP contribution is 2.21. The molecule has 54 valence electrons. The van der Waals surface area contributed by atoms with E-state index >= 15 is 0 Å². The van der Waals surface area contributed by atoms with Gasteiger partial charge >= 0.3 is 0 Å². The van der Waals surface area contributed by atoms with Crippen molar-refractivity contribution in [3.8, 4) is 0 Å². The van der Waals surface area contributed by atoms with Crippen LogP contribution in [-0.2, 0) is 9.78 Å². The maximum absolute atomic E-state index is 9.23. The van der Waals surface area contributed by atoms with Crippen LogP contribution in [0.5, 0.6) is 0 Å². The first-order valence-corrected chi connectivity index (χ1v) is 3.11. The lowest BCUT2D eigenvalue weighted by atomic mass is 9.99. The summed E-state index contributed by atoms with van der Waals surface area (Å²) in [5, 5.41) is 9.23. The minimum atomic E-state index is -0.530. The minimum absolute atomic E-state index is 0.397. The average Bonchev–Trinajstić information content (AvgIpc) is 1.77. The van der Waals surface area contributed by atoms with Crippen LogP contribution < -0.4 is 0 Å². The average molecular weight is 132 g/mol. The van der Waals surface area contributed by atoms with E-state index in [2.05, 4.69) is 0 Å². The Morgan fingerprint density at radius 3 is 2.56 bits per heavy atom. The van der Waals surface area contributed by atoms with Gasteiger partial charge in [0.05, 0.1) is 12.7 Å².